The van der Waals surface area contributed by atoms with Gasteiger partial charge in [0.25, 0.3) is 0 Å². The molecule has 1 fully saturated rings. The predicted octanol–water partition coefficient (Wildman–Crippen LogP) is 1.99. The molecule has 2 amide bonds. The highest BCUT2D eigenvalue weighted by atomic mass is 16.5. The lowest BCUT2D eigenvalue weighted by atomic mass is 10.3. The van der Waals surface area contributed by atoms with Gasteiger partial charge in [-0.2, -0.15) is 0 Å². The minimum absolute atomic E-state index is 0.0783. The molecule has 0 aromatic rings. The molecule has 32 heavy (non-hydrogen) atoms. The molecule has 0 aromatic heterocycles. The van der Waals surface area contributed by atoms with E-state index >= 15 is 0 Å². The zero-order chi connectivity index (χ0) is 23.3. The van der Waals surface area contributed by atoms with E-state index in [9.17, 15) is 9.59 Å². The molecule has 0 aliphatic carbocycles. The summed E-state index contributed by atoms with van der Waals surface area (Å²) in [6.07, 6.45) is 13.9. The molecule has 0 N–H and O–H groups in total. The van der Waals surface area contributed by atoms with Crippen LogP contribution in [0.1, 0.15) is 13.8 Å². The number of allylic oxidation sites excluding steroid dienone is 6. The van der Waals surface area contributed by atoms with E-state index in [2.05, 4.69) is 0 Å². The topological polar surface area (TPSA) is 77.5 Å². The minimum atomic E-state index is -0.0783. The van der Waals surface area contributed by atoms with Crippen molar-refractivity contribution in [2.45, 2.75) is 13.8 Å². The van der Waals surface area contributed by atoms with Gasteiger partial charge < -0.3 is 28.7 Å². The largest absolute Gasteiger partial charge is 0.377 e. The molecular weight excluding hydrogens is 412 g/mol. The maximum absolute atomic E-state index is 12.4. The lowest BCUT2D eigenvalue weighted by Crippen LogP contribution is -2.37. The quantitative estimate of drug-likeness (QED) is 0.482. The highest BCUT2D eigenvalue weighted by Crippen LogP contribution is 1.97. The SMILES string of the molecule is C/C=C/C=C/C(=O)N1CCOCCOCCN(C(=O)/C=C/C=C/C)CCOCCOCC1. The highest BCUT2D eigenvalue weighted by molar-refractivity contribution is 5.88. The van der Waals surface area contributed by atoms with Crippen LogP contribution in [0.3, 0.4) is 0 Å². The Labute approximate surface area is 192 Å². The highest BCUT2D eigenvalue weighted by Gasteiger charge is 2.12. The van der Waals surface area contributed by atoms with Crippen LogP contribution in [0.2, 0.25) is 0 Å². The van der Waals surface area contributed by atoms with Gasteiger partial charge in [-0.25, -0.2) is 0 Å². The van der Waals surface area contributed by atoms with Crippen LogP contribution in [0.5, 0.6) is 0 Å². The molecule has 1 aliphatic heterocycles. The fraction of sp³-hybridized carbons (Fsp3) is 0.583. The molecule has 0 spiro atoms. The van der Waals surface area contributed by atoms with Crippen LogP contribution < -0.4 is 0 Å². The van der Waals surface area contributed by atoms with Crippen LogP contribution in [0.15, 0.2) is 48.6 Å². The summed E-state index contributed by atoms with van der Waals surface area (Å²) in [7, 11) is 0. The molecule has 0 bridgehead atoms. The van der Waals surface area contributed by atoms with Gasteiger partial charge in [-0.3, -0.25) is 9.59 Å². The minimum Gasteiger partial charge on any atom is -0.377 e. The average molecular weight is 451 g/mol. The summed E-state index contributed by atoms with van der Waals surface area (Å²) in [5.41, 5.74) is 0. The van der Waals surface area contributed by atoms with Gasteiger partial charge in [0.05, 0.1) is 52.9 Å². The maximum Gasteiger partial charge on any atom is 0.246 e. The van der Waals surface area contributed by atoms with Crippen LogP contribution in [0.25, 0.3) is 0 Å². The number of amides is 2. The molecular formula is C24H38N2O6. The molecule has 180 valence electrons. The first-order valence-corrected chi connectivity index (χ1v) is 11.2. The fourth-order valence-corrected chi connectivity index (χ4v) is 2.72. The van der Waals surface area contributed by atoms with E-state index in [-0.39, 0.29) is 11.8 Å². The number of ether oxygens (including phenoxy) is 4. The third kappa shape index (κ3) is 13.9. The number of carbonyl (C=O) groups is 2. The van der Waals surface area contributed by atoms with Crippen molar-refractivity contribution >= 4 is 11.8 Å². The van der Waals surface area contributed by atoms with Crippen molar-refractivity contribution in [3.8, 4) is 0 Å². The van der Waals surface area contributed by atoms with Crippen LogP contribution in [0, 0.1) is 0 Å². The number of hydrogen-bond acceptors (Lipinski definition) is 6. The first-order chi connectivity index (χ1) is 15.7. The van der Waals surface area contributed by atoms with Crippen molar-refractivity contribution in [3.05, 3.63) is 48.6 Å². The van der Waals surface area contributed by atoms with E-state index in [0.717, 1.165) is 0 Å². The molecule has 0 radical (unpaired) electrons. The molecule has 1 aliphatic rings. The Hall–Kier alpha value is -2.26. The zero-order valence-corrected chi connectivity index (χ0v) is 19.4. The van der Waals surface area contributed by atoms with Crippen LogP contribution >= 0.6 is 0 Å². The van der Waals surface area contributed by atoms with Gasteiger partial charge in [0.1, 0.15) is 0 Å². The summed E-state index contributed by atoms with van der Waals surface area (Å²) in [6, 6.07) is 0. The molecule has 8 nitrogen and oxygen atoms in total. The molecule has 8 heteroatoms. The first-order valence-electron chi connectivity index (χ1n) is 11.2. The Morgan fingerprint density at radius 3 is 1.12 bits per heavy atom. The lowest BCUT2D eigenvalue weighted by Gasteiger charge is -2.22. The summed E-state index contributed by atoms with van der Waals surface area (Å²) >= 11 is 0. The second-order valence-electron chi connectivity index (χ2n) is 6.87. The standard InChI is InChI=1S/C24H38N2O6/c1-3-5-7-9-23(27)25-11-15-29-19-21-31-17-13-26(24(28)10-8-6-4-2)14-18-32-22-20-30-16-12-25/h3-10H,11-22H2,1-2H3/b5-3+,6-4+,9-7+,10-8+. The third-order valence-electron chi connectivity index (χ3n) is 4.47. The summed E-state index contributed by atoms with van der Waals surface area (Å²) < 4.78 is 22.4. The Morgan fingerprint density at radius 2 is 0.844 bits per heavy atom. The third-order valence-corrected chi connectivity index (χ3v) is 4.47. The number of carbonyl (C=O) groups excluding carboxylic acids is 2. The molecule has 1 rings (SSSR count). The number of nitrogens with zero attached hydrogens (tertiary/aromatic N) is 2. The average Bonchev–Trinajstić information content (AvgIpc) is 2.79. The number of hydrogen-bond donors (Lipinski definition) is 0. The lowest BCUT2D eigenvalue weighted by molar-refractivity contribution is -0.129. The first kappa shape index (κ1) is 27.8. The molecule has 0 atom stereocenters. The maximum atomic E-state index is 12.4. The van der Waals surface area contributed by atoms with E-state index < -0.39 is 0 Å². The van der Waals surface area contributed by atoms with Crippen LogP contribution in [-0.4, -0.2) is 101 Å². The second kappa shape index (κ2) is 19.4. The van der Waals surface area contributed by atoms with Gasteiger partial charge >= 0.3 is 0 Å². The molecule has 0 aromatic carbocycles. The van der Waals surface area contributed by atoms with Gasteiger partial charge in [-0.15, -0.1) is 0 Å². The van der Waals surface area contributed by atoms with Crippen molar-refractivity contribution < 1.29 is 28.5 Å². The van der Waals surface area contributed by atoms with Crippen LogP contribution in [0.4, 0.5) is 0 Å². The van der Waals surface area contributed by atoms with Crippen molar-refractivity contribution in [2.75, 3.05) is 79.0 Å². The van der Waals surface area contributed by atoms with Gasteiger partial charge in [-0.05, 0) is 13.8 Å². The van der Waals surface area contributed by atoms with Crippen LogP contribution in [-0.2, 0) is 28.5 Å². The van der Waals surface area contributed by atoms with Gasteiger partial charge in [-0.1, -0.05) is 36.5 Å². The molecule has 0 saturated carbocycles. The molecule has 1 saturated heterocycles. The van der Waals surface area contributed by atoms with Gasteiger partial charge in [0.15, 0.2) is 0 Å². The van der Waals surface area contributed by atoms with Gasteiger partial charge in [0.2, 0.25) is 11.8 Å². The molecule has 0 unspecified atom stereocenters. The monoisotopic (exact) mass is 450 g/mol. The summed E-state index contributed by atoms with van der Waals surface area (Å²) in [5.74, 6) is -0.157. The van der Waals surface area contributed by atoms with E-state index in [0.29, 0.717) is 79.0 Å². The Bertz CT molecular complexity index is 556. The van der Waals surface area contributed by atoms with E-state index in [4.69, 9.17) is 18.9 Å². The van der Waals surface area contributed by atoms with E-state index in [1.165, 1.54) is 0 Å². The van der Waals surface area contributed by atoms with E-state index in [1.807, 2.05) is 38.2 Å². The normalized spacial score (nSPS) is 19.7. The second-order valence-corrected chi connectivity index (χ2v) is 6.87. The van der Waals surface area contributed by atoms with Crippen molar-refractivity contribution in [2.24, 2.45) is 0 Å². The summed E-state index contributed by atoms with van der Waals surface area (Å²) in [5, 5.41) is 0. The molecule has 1 heterocycles. The van der Waals surface area contributed by atoms with Crippen molar-refractivity contribution in [3.63, 3.8) is 0 Å². The van der Waals surface area contributed by atoms with Gasteiger partial charge in [0, 0.05) is 38.3 Å². The Morgan fingerprint density at radius 1 is 0.531 bits per heavy atom. The Balaban J connectivity index is 2.54. The zero-order valence-electron chi connectivity index (χ0n) is 19.4. The predicted molar refractivity (Wildman–Crippen MR) is 124 cm³/mol. The number of rotatable bonds is 4. The fourth-order valence-electron chi connectivity index (χ4n) is 2.72. The summed E-state index contributed by atoms with van der Waals surface area (Å²) in [4.78, 5) is 28.1. The van der Waals surface area contributed by atoms with Crippen molar-refractivity contribution in [1.29, 1.82) is 0 Å². The van der Waals surface area contributed by atoms with E-state index in [1.54, 1.807) is 34.1 Å². The summed E-state index contributed by atoms with van der Waals surface area (Å²) in [6.45, 7) is 9.02. The van der Waals surface area contributed by atoms with Crippen molar-refractivity contribution in [1.82, 2.24) is 9.80 Å². The Kier molecular flexibility index (Phi) is 16.9. The smallest absolute Gasteiger partial charge is 0.246 e.